The van der Waals surface area contributed by atoms with Crippen molar-refractivity contribution < 1.29 is 19.4 Å². The SMILES string of the molecule is O=C(O)[C@@H]1CCOc2cc(OCc3ccccc3)ccc21. The third-order valence-electron chi connectivity index (χ3n) is 3.57. The van der Waals surface area contributed by atoms with Crippen molar-refractivity contribution in [3.05, 3.63) is 59.7 Å². The van der Waals surface area contributed by atoms with Crippen molar-refractivity contribution in [1.29, 1.82) is 0 Å². The second kappa shape index (κ2) is 5.87. The quantitative estimate of drug-likeness (QED) is 0.936. The van der Waals surface area contributed by atoms with Gasteiger partial charge < -0.3 is 14.6 Å². The number of benzene rings is 2. The van der Waals surface area contributed by atoms with Crippen LogP contribution in [0.5, 0.6) is 11.5 Å². The maximum absolute atomic E-state index is 11.2. The Kier molecular flexibility index (Phi) is 3.77. The lowest BCUT2D eigenvalue weighted by Gasteiger charge is -2.23. The third kappa shape index (κ3) is 2.99. The largest absolute Gasteiger partial charge is 0.493 e. The second-order valence-electron chi connectivity index (χ2n) is 5.00. The maximum atomic E-state index is 11.2. The number of hydrogen-bond donors (Lipinski definition) is 1. The highest BCUT2D eigenvalue weighted by atomic mass is 16.5. The predicted octanol–water partition coefficient (Wildman–Crippen LogP) is 3.22. The molecule has 0 spiro atoms. The molecule has 1 aliphatic rings. The van der Waals surface area contributed by atoms with Gasteiger partial charge in [0.25, 0.3) is 0 Å². The van der Waals surface area contributed by atoms with E-state index in [-0.39, 0.29) is 0 Å². The van der Waals surface area contributed by atoms with Crippen LogP contribution in [0.1, 0.15) is 23.5 Å². The van der Waals surface area contributed by atoms with Gasteiger partial charge in [0.1, 0.15) is 18.1 Å². The lowest BCUT2D eigenvalue weighted by atomic mass is 9.93. The van der Waals surface area contributed by atoms with Crippen LogP contribution >= 0.6 is 0 Å². The van der Waals surface area contributed by atoms with E-state index in [0.717, 1.165) is 11.1 Å². The highest BCUT2D eigenvalue weighted by Gasteiger charge is 2.27. The average molecular weight is 284 g/mol. The zero-order valence-electron chi connectivity index (χ0n) is 11.5. The lowest BCUT2D eigenvalue weighted by Crippen LogP contribution is -2.20. The van der Waals surface area contributed by atoms with E-state index >= 15 is 0 Å². The highest BCUT2D eigenvalue weighted by Crippen LogP contribution is 2.36. The Morgan fingerprint density at radius 1 is 1.24 bits per heavy atom. The first-order valence-corrected chi connectivity index (χ1v) is 6.90. The topological polar surface area (TPSA) is 55.8 Å². The summed E-state index contributed by atoms with van der Waals surface area (Å²) in [5.74, 6) is -0.00252. The van der Waals surface area contributed by atoms with E-state index in [9.17, 15) is 9.90 Å². The number of carbonyl (C=O) groups is 1. The van der Waals surface area contributed by atoms with Crippen LogP contribution in [0.4, 0.5) is 0 Å². The van der Waals surface area contributed by atoms with Crippen molar-refractivity contribution >= 4 is 5.97 Å². The van der Waals surface area contributed by atoms with Crippen molar-refractivity contribution in [2.24, 2.45) is 0 Å². The summed E-state index contributed by atoms with van der Waals surface area (Å²) in [6.45, 7) is 0.897. The van der Waals surface area contributed by atoms with Crippen LogP contribution < -0.4 is 9.47 Å². The molecule has 21 heavy (non-hydrogen) atoms. The number of carboxylic acids is 1. The van der Waals surface area contributed by atoms with Crippen LogP contribution in [-0.4, -0.2) is 17.7 Å². The van der Waals surface area contributed by atoms with Crippen molar-refractivity contribution in [3.8, 4) is 11.5 Å². The molecule has 3 rings (SSSR count). The molecule has 0 radical (unpaired) electrons. The minimum absolute atomic E-state index is 0.423. The van der Waals surface area contributed by atoms with Crippen molar-refractivity contribution in [1.82, 2.24) is 0 Å². The van der Waals surface area contributed by atoms with Gasteiger partial charge in [0.2, 0.25) is 0 Å². The summed E-state index contributed by atoms with van der Waals surface area (Å²) in [5, 5.41) is 9.22. The molecule has 1 heterocycles. The number of ether oxygens (including phenoxy) is 2. The molecule has 0 aliphatic carbocycles. The fourth-order valence-corrected chi connectivity index (χ4v) is 2.46. The van der Waals surface area contributed by atoms with Crippen LogP contribution in [0.15, 0.2) is 48.5 Å². The van der Waals surface area contributed by atoms with Gasteiger partial charge >= 0.3 is 5.97 Å². The average Bonchev–Trinajstić information content (AvgIpc) is 2.53. The number of aliphatic carboxylic acids is 1. The summed E-state index contributed by atoms with van der Waals surface area (Å²) in [4.78, 5) is 11.2. The van der Waals surface area contributed by atoms with E-state index in [4.69, 9.17) is 9.47 Å². The van der Waals surface area contributed by atoms with Crippen molar-refractivity contribution in [2.75, 3.05) is 6.61 Å². The van der Waals surface area contributed by atoms with Gasteiger partial charge in [0.05, 0.1) is 12.5 Å². The van der Waals surface area contributed by atoms with Gasteiger partial charge in [-0.2, -0.15) is 0 Å². The molecule has 1 atom stereocenters. The molecule has 0 amide bonds. The van der Waals surface area contributed by atoms with Crippen LogP contribution in [0.3, 0.4) is 0 Å². The van der Waals surface area contributed by atoms with E-state index in [2.05, 4.69) is 0 Å². The molecule has 4 heteroatoms. The Balaban J connectivity index is 1.75. The number of hydrogen-bond acceptors (Lipinski definition) is 3. The minimum Gasteiger partial charge on any atom is -0.493 e. The molecule has 0 saturated carbocycles. The first-order valence-electron chi connectivity index (χ1n) is 6.90. The monoisotopic (exact) mass is 284 g/mol. The number of carboxylic acid groups (broad SMARTS) is 1. The summed E-state index contributed by atoms with van der Waals surface area (Å²) < 4.78 is 11.3. The molecule has 2 aromatic rings. The fourth-order valence-electron chi connectivity index (χ4n) is 2.46. The van der Waals surface area contributed by atoms with Crippen LogP contribution in [0.25, 0.3) is 0 Å². The summed E-state index contributed by atoms with van der Waals surface area (Å²) in [6.07, 6.45) is 0.507. The van der Waals surface area contributed by atoms with Gasteiger partial charge in [-0.15, -0.1) is 0 Å². The van der Waals surface area contributed by atoms with Crippen molar-refractivity contribution in [3.63, 3.8) is 0 Å². The Morgan fingerprint density at radius 3 is 2.81 bits per heavy atom. The Morgan fingerprint density at radius 2 is 2.05 bits per heavy atom. The maximum Gasteiger partial charge on any atom is 0.311 e. The molecule has 0 unspecified atom stereocenters. The molecule has 0 aromatic heterocycles. The molecule has 0 saturated heterocycles. The third-order valence-corrected chi connectivity index (χ3v) is 3.57. The minimum atomic E-state index is -0.808. The molecule has 0 fully saturated rings. The Bertz CT molecular complexity index is 636. The van der Waals surface area contributed by atoms with Gasteiger partial charge in [0, 0.05) is 11.6 Å². The number of fused-ring (bicyclic) bond motifs is 1. The van der Waals surface area contributed by atoms with Crippen LogP contribution in [0.2, 0.25) is 0 Å². The molecule has 4 nitrogen and oxygen atoms in total. The number of rotatable bonds is 4. The summed E-state index contributed by atoms with van der Waals surface area (Å²) in [6, 6.07) is 15.2. The van der Waals surface area contributed by atoms with Gasteiger partial charge in [-0.25, -0.2) is 0 Å². The molecular weight excluding hydrogens is 268 g/mol. The second-order valence-corrected chi connectivity index (χ2v) is 5.00. The standard InChI is InChI=1S/C17H16O4/c18-17(19)15-8-9-20-16-10-13(6-7-14(15)16)21-11-12-4-2-1-3-5-12/h1-7,10,15H,8-9,11H2,(H,18,19)/t15-/m1/s1. The predicted molar refractivity (Wildman–Crippen MR) is 77.7 cm³/mol. The Labute approximate surface area is 122 Å². The molecule has 1 N–H and O–H groups in total. The first-order chi connectivity index (χ1) is 10.2. The zero-order chi connectivity index (χ0) is 14.7. The van der Waals surface area contributed by atoms with Gasteiger partial charge in [0.15, 0.2) is 0 Å². The van der Waals surface area contributed by atoms with E-state index in [1.807, 2.05) is 30.3 Å². The van der Waals surface area contributed by atoms with Crippen molar-refractivity contribution in [2.45, 2.75) is 18.9 Å². The van der Waals surface area contributed by atoms with E-state index in [1.165, 1.54) is 0 Å². The van der Waals surface area contributed by atoms with Crippen LogP contribution in [0, 0.1) is 0 Å². The molecule has 0 bridgehead atoms. The van der Waals surface area contributed by atoms with Crippen LogP contribution in [-0.2, 0) is 11.4 Å². The fraction of sp³-hybridized carbons (Fsp3) is 0.235. The summed E-state index contributed by atoms with van der Waals surface area (Å²) in [7, 11) is 0. The Hall–Kier alpha value is -2.49. The van der Waals surface area contributed by atoms with Gasteiger partial charge in [-0.05, 0) is 18.1 Å². The van der Waals surface area contributed by atoms with Gasteiger partial charge in [-0.3, -0.25) is 4.79 Å². The van der Waals surface area contributed by atoms with Gasteiger partial charge in [-0.1, -0.05) is 36.4 Å². The lowest BCUT2D eigenvalue weighted by molar-refractivity contribution is -0.139. The molecule has 108 valence electrons. The molecule has 2 aromatic carbocycles. The van der Waals surface area contributed by atoms with E-state index in [1.54, 1.807) is 18.2 Å². The first kappa shape index (κ1) is 13.5. The zero-order valence-corrected chi connectivity index (χ0v) is 11.5. The summed E-state index contributed by atoms with van der Waals surface area (Å²) in [5.41, 5.74) is 1.81. The van der Waals surface area contributed by atoms with E-state index < -0.39 is 11.9 Å². The molecular formula is C17H16O4. The molecule has 1 aliphatic heterocycles. The van der Waals surface area contributed by atoms with E-state index in [0.29, 0.717) is 31.1 Å². The summed E-state index contributed by atoms with van der Waals surface area (Å²) >= 11 is 0. The smallest absolute Gasteiger partial charge is 0.311 e. The normalized spacial score (nSPS) is 16.7. The highest BCUT2D eigenvalue weighted by molar-refractivity contribution is 5.77.